The van der Waals surface area contributed by atoms with Crippen LogP contribution < -0.4 is 0 Å². The lowest BCUT2D eigenvalue weighted by Crippen LogP contribution is -2.02. The van der Waals surface area contributed by atoms with Crippen LogP contribution in [0.2, 0.25) is 0 Å². The van der Waals surface area contributed by atoms with Gasteiger partial charge in [-0.05, 0) is 11.6 Å². The van der Waals surface area contributed by atoms with Crippen LogP contribution in [0.15, 0.2) is 42.1 Å². The number of benzene rings is 1. The number of allylic oxidation sites excluding steroid dienone is 1. The molecule has 3 nitrogen and oxygen atoms in total. The van der Waals surface area contributed by atoms with Gasteiger partial charge in [0.05, 0.1) is 0 Å². The maximum absolute atomic E-state index is 13.5. The number of halogens is 1. The summed E-state index contributed by atoms with van der Waals surface area (Å²) in [5.41, 5.74) is 0.679. The summed E-state index contributed by atoms with van der Waals surface area (Å²) >= 11 is 1.49. The maximum Gasteiger partial charge on any atom is 0.191 e. The fraction of sp³-hybridized carbons (Fsp3) is 0.286. The van der Waals surface area contributed by atoms with Crippen LogP contribution in [-0.2, 0) is 18.7 Å². The monoisotopic (exact) mass is 277 g/mol. The predicted octanol–water partition coefficient (Wildman–Crippen LogP) is 3.46. The molecular weight excluding hydrogens is 261 g/mol. The van der Waals surface area contributed by atoms with Crippen molar-refractivity contribution in [3.8, 4) is 0 Å². The van der Waals surface area contributed by atoms with E-state index in [9.17, 15) is 4.39 Å². The molecular formula is C14H16FN3S. The van der Waals surface area contributed by atoms with E-state index in [2.05, 4.69) is 16.8 Å². The number of nitrogens with zero attached hydrogens (tertiary/aromatic N) is 3. The number of thioether (sulfide) groups is 1. The van der Waals surface area contributed by atoms with E-state index in [0.717, 1.165) is 17.4 Å². The quantitative estimate of drug-likeness (QED) is 0.598. The Balaban J connectivity index is 2.13. The first-order valence-electron chi connectivity index (χ1n) is 6.15. The van der Waals surface area contributed by atoms with Crippen molar-refractivity contribution >= 4 is 11.8 Å². The van der Waals surface area contributed by atoms with Gasteiger partial charge >= 0.3 is 0 Å². The van der Waals surface area contributed by atoms with Crippen molar-refractivity contribution in [1.82, 2.24) is 14.8 Å². The number of hydrogen-bond acceptors (Lipinski definition) is 3. The molecule has 100 valence electrons. The van der Waals surface area contributed by atoms with Gasteiger partial charge in [0.1, 0.15) is 11.6 Å². The molecule has 0 N–H and O–H groups in total. The van der Waals surface area contributed by atoms with Crippen LogP contribution in [-0.4, -0.2) is 14.8 Å². The Morgan fingerprint density at radius 1 is 1.37 bits per heavy atom. The van der Waals surface area contributed by atoms with Crippen molar-refractivity contribution in [2.45, 2.75) is 30.8 Å². The summed E-state index contributed by atoms with van der Waals surface area (Å²) in [5, 5.41) is 9.10. The van der Waals surface area contributed by atoms with Crippen LogP contribution in [0.5, 0.6) is 0 Å². The van der Waals surface area contributed by atoms with Crippen molar-refractivity contribution in [2.24, 2.45) is 0 Å². The third kappa shape index (κ3) is 3.23. The number of hydrogen-bond donors (Lipinski definition) is 0. The number of aryl methyl sites for hydroxylation is 1. The molecule has 0 saturated heterocycles. The van der Waals surface area contributed by atoms with E-state index in [1.165, 1.54) is 17.8 Å². The zero-order chi connectivity index (χ0) is 13.7. The zero-order valence-electron chi connectivity index (χ0n) is 10.8. The molecule has 0 fully saturated rings. The van der Waals surface area contributed by atoms with Crippen molar-refractivity contribution in [2.75, 3.05) is 0 Å². The van der Waals surface area contributed by atoms with Crippen LogP contribution >= 0.6 is 11.8 Å². The van der Waals surface area contributed by atoms with Gasteiger partial charge in [0.15, 0.2) is 5.16 Å². The first kappa shape index (κ1) is 13.8. The van der Waals surface area contributed by atoms with E-state index >= 15 is 0 Å². The zero-order valence-corrected chi connectivity index (χ0v) is 11.7. The minimum Gasteiger partial charge on any atom is -0.302 e. The standard InChI is InChI=1S/C14H16FN3S/c1-3-9-18-13(4-2)16-17-14(18)19-10-11-7-5-6-8-12(11)15/h3,5-8H,1,4,9-10H2,2H3. The first-order chi connectivity index (χ1) is 9.26. The summed E-state index contributed by atoms with van der Waals surface area (Å²) < 4.78 is 15.6. The van der Waals surface area contributed by atoms with Gasteiger partial charge < -0.3 is 4.57 Å². The van der Waals surface area contributed by atoms with Gasteiger partial charge in [-0.25, -0.2) is 4.39 Å². The van der Waals surface area contributed by atoms with Gasteiger partial charge in [-0.3, -0.25) is 0 Å². The van der Waals surface area contributed by atoms with Gasteiger partial charge in [-0.2, -0.15) is 0 Å². The molecule has 19 heavy (non-hydrogen) atoms. The summed E-state index contributed by atoms with van der Waals surface area (Å²) in [6.45, 7) is 6.45. The van der Waals surface area contributed by atoms with E-state index in [0.29, 0.717) is 17.9 Å². The highest BCUT2D eigenvalue weighted by molar-refractivity contribution is 7.98. The number of aromatic nitrogens is 3. The molecule has 1 aromatic heterocycles. The molecule has 0 saturated carbocycles. The Morgan fingerprint density at radius 3 is 2.84 bits per heavy atom. The summed E-state index contributed by atoms with van der Waals surface area (Å²) in [4.78, 5) is 0. The van der Waals surface area contributed by atoms with Gasteiger partial charge in [0, 0.05) is 18.7 Å². The summed E-state index contributed by atoms with van der Waals surface area (Å²) in [6, 6.07) is 6.79. The van der Waals surface area contributed by atoms with E-state index in [4.69, 9.17) is 0 Å². The molecule has 2 rings (SSSR count). The van der Waals surface area contributed by atoms with E-state index < -0.39 is 0 Å². The third-order valence-electron chi connectivity index (χ3n) is 2.74. The van der Waals surface area contributed by atoms with Crippen molar-refractivity contribution in [3.05, 3.63) is 54.1 Å². The average Bonchev–Trinajstić information content (AvgIpc) is 2.81. The molecule has 0 aliphatic heterocycles. The second-order valence-corrected chi connectivity index (χ2v) is 4.97. The van der Waals surface area contributed by atoms with Crippen molar-refractivity contribution in [1.29, 1.82) is 0 Å². The van der Waals surface area contributed by atoms with Gasteiger partial charge in [-0.1, -0.05) is 43.0 Å². The lowest BCUT2D eigenvalue weighted by atomic mass is 10.2. The second kappa shape index (κ2) is 6.52. The maximum atomic E-state index is 13.5. The van der Waals surface area contributed by atoms with Gasteiger partial charge in [0.2, 0.25) is 0 Å². The van der Waals surface area contributed by atoms with E-state index in [1.807, 2.05) is 23.6 Å². The minimum absolute atomic E-state index is 0.180. The molecule has 0 atom stereocenters. The first-order valence-corrected chi connectivity index (χ1v) is 7.14. The molecule has 0 radical (unpaired) electrons. The van der Waals surface area contributed by atoms with E-state index in [1.54, 1.807) is 12.1 Å². The summed E-state index contributed by atoms with van der Waals surface area (Å²) in [7, 11) is 0. The largest absolute Gasteiger partial charge is 0.302 e. The fourth-order valence-electron chi connectivity index (χ4n) is 1.76. The lowest BCUT2D eigenvalue weighted by Gasteiger charge is -2.06. The van der Waals surface area contributed by atoms with Crippen LogP contribution in [0.1, 0.15) is 18.3 Å². The third-order valence-corrected chi connectivity index (χ3v) is 3.75. The normalized spacial score (nSPS) is 10.6. The van der Waals surface area contributed by atoms with E-state index in [-0.39, 0.29) is 5.82 Å². The topological polar surface area (TPSA) is 30.7 Å². The molecule has 0 unspecified atom stereocenters. The molecule has 5 heteroatoms. The van der Waals surface area contributed by atoms with Crippen LogP contribution in [0.25, 0.3) is 0 Å². The lowest BCUT2D eigenvalue weighted by molar-refractivity contribution is 0.617. The highest BCUT2D eigenvalue weighted by atomic mass is 32.2. The van der Waals surface area contributed by atoms with Crippen LogP contribution in [0.4, 0.5) is 4.39 Å². The highest BCUT2D eigenvalue weighted by Gasteiger charge is 2.11. The molecule has 0 bridgehead atoms. The molecule has 2 aromatic rings. The van der Waals surface area contributed by atoms with Crippen molar-refractivity contribution < 1.29 is 4.39 Å². The number of rotatable bonds is 6. The Hall–Kier alpha value is -1.62. The molecule has 0 spiro atoms. The predicted molar refractivity (Wildman–Crippen MR) is 75.6 cm³/mol. The second-order valence-electron chi connectivity index (χ2n) is 4.03. The molecule has 0 aliphatic rings. The molecule has 0 amide bonds. The molecule has 1 aromatic carbocycles. The Morgan fingerprint density at radius 2 is 2.16 bits per heavy atom. The molecule has 1 heterocycles. The summed E-state index contributed by atoms with van der Waals surface area (Å²) in [5.74, 6) is 1.29. The van der Waals surface area contributed by atoms with Crippen LogP contribution in [0.3, 0.4) is 0 Å². The van der Waals surface area contributed by atoms with Gasteiger partial charge in [0.25, 0.3) is 0 Å². The fourth-order valence-corrected chi connectivity index (χ4v) is 2.71. The molecule has 0 aliphatic carbocycles. The Labute approximate surface area is 116 Å². The minimum atomic E-state index is -0.180. The SMILES string of the molecule is C=CCn1c(CC)nnc1SCc1ccccc1F. The van der Waals surface area contributed by atoms with Crippen LogP contribution in [0, 0.1) is 5.82 Å². The Kier molecular flexibility index (Phi) is 4.74. The Bertz CT molecular complexity index is 566. The van der Waals surface area contributed by atoms with Gasteiger partial charge in [-0.15, -0.1) is 16.8 Å². The highest BCUT2D eigenvalue weighted by Crippen LogP contribution is 2.23. The smallest absolute Gasteiger partial charge is 0.191 e. The average molecular weight is 277 g/mol. The van der Waals surface area contributed by atoms with Crippen molar-refractivity contribution in [3.63, 3.8) is 0 Å². The summed E-state index contributed by atoms with van der Waals surface area (Å²) in [6.07, 6.45) is 2.64.